The molecule has 19 nitrogen and oxygen atoms in total. The first-order valence-corrected chi connectivity index (χ1v) is 41.9. The number of carbonyl (C=O) groups is 3. The Morgan fingerprint density at radius 3 is 1.58 bits per heavy atom. The highest BCUT2D eigenvalue weighted by Gasteiger charge is 2.40. The third-order valence-corrected chi connectivity index (χ3v) is 23.1. The SMILES string of the molecule is CC(C)(C)OC(=O)N1CCC(N)(C(=O)NCCCn2cc(-c3cccc(F)c3)c3c(CN4CCN(CCOc5ccc(Cl)cc5)CC4)cccc32)CC1.Cc1ccc(COc2ccc(Cl)cc2CNC2CNCCC2C(=O)NCCCn2cc(-c3cccc(F)c3)c3c(CN4CCN(CCOc5ccc(Cl)cc5)CC4)cccc32)cc1. The molecule has 24 heteroatoms. The first-order chi connectivity index (χ1) is 56.1. The molecule has 6 heterocycles. The summed E-state index contributed by atoms with van der Waals surface area (Å²) in [5, 5.41) is 17.7. The number of halogens is 5. The summed E-state index contributed by atoms with van der Waals surface area (Å²) < 4.78 is 57.2. The Kier molecular flexibility index (Phi) is 29.5. The minimum atomic E-state index is -1.03. The number of hydrogen-bond acceptors (Lipinski definition) is 14. The molecule has 4 aliphatic rings. The molecule has 2 atom stereocenters. The Morgan fingerprint density at radius 1 is 0.560 bits per heavy atom. The lowest BCUT2D eigenvalue weighted by Crippen LogP contribution is -2.60. The van der Waals surface area contributed by atoms with Crippen molar-refractivity contribution in [3.05, 3.63) is 243 Å². The summed E-state index contributed by atoms with van der Waals surface area (Å²) in [6, 6.07) is 55.4. The van der Waals surface area contributed by atoms with Gasteiger partial charge in [0.15, 0.2) is 0 Å². The number of hydrogen-bond donors (Lipinski definition) is 5. The molecule has 0 aliphatic carbocycles. The van der Waals surface area contributed by atoms with Gasteiger partial charge in [0.05, 0.1) is 11.5 Å². The van der Waals surface area contributed by atoms with E-state index in [1.165, 1.54) is 28.8 Å². The maximum Gasteiger partial charge on any atom is 0.410 e. The largest absolute Gasteiger partial charge is 0.492 e. The molecule has 8 aromatic carbocycles. The predicted octanol–water partition coefficient (Wildman–Crippen LogP) is 15.6. The van der Waals surface area contributed by atoms with Gasteiger partial charge in [0.25, 0.3) is 0 Å². The smallest absolute Gasteiger partial charge is 0.410 e. The van der Waals surface area contributed by atoms with Crippen LogP contribution < -0.4 is 41.2 Å². The minimum Gasteiger partial charge on any atom is -0.492 e. The number of aromatic nitrogens is 2. The average molecular weight is 1640 g/mol. The van der Waals surface area contributed by atoms with Gasteiger partial charge < -0.3 is 60.0 Å². The fourth-order valence-corrected chi connectivity index (χ4v) is 16.3. The molecule has 4 saturated heterocycles. The Bertz CT molecular complexity index is 4900. The monoisotopic (exact) mass is 1640 g/mol. The van der Waals surface area contributed by atoms with Crippen molar-refractivity contribution in [3.63, 3.8) is 0 Å². The van der Waals surface area contributed by atoms with E-state index < -0.39 is 11.1 Å². The van der Waals surface area contributed by atoms with Gasteiger partial charge in [-0.3, -0.25) is 29.2 Å². The van der Waals surface area contributed by atoms with E-state index in [0.29, 0.717) is 107 Å². The van der Waals surface area contributed by atoms with Crippen molar-refractivity contribution in [2.24, 2.45) is 11.7 Å². The highest BCUT2D eigenvalue weighted by molar-refractivity contribution is 6.31. The Labute approximate surface area is 695 Å². The number of amides is 3. The van der Waals surface area contributed by atoms with Gasteiger partial charge in [0, 0.05) is 203 Å². The highest BCUT2D eigenvalue weighted by Crippen LogP contribution is 2.38. The highest BCUT2D eigenvalue weighted by atomic mass is 35.5. The zero-order valence-electron chi connectivity index (χ0n) is 67.0. The van der Waals surface area contributed by atoms with Crippen LogP contribution >= 0.6 is 34.8 Å². The van der Waals surface area contributed by atoms with E-state index in [-0.39, 0.29) is 41.5 Å². The van der Waals surface area contributed by atoms with E-state index in [1.54, 1.807) is 29.2 Å². The quantitative estimate of drug-likeness (QED) is 0.0268. The third-order valence-electron chi connectivity index (χ3n) is 22.4. The number of fused-ring (bicyclic) bond motifs is 2. The molecule has 6 N–H and O–H groups in total. The van der Waals surface area contributed by atoms with Crippen LogP contribution in [0.5, 0.6) is 17.2 Å². The van der Waals surface area contributed by atoms with Gasteiger partial charge in [-0.25, -0.2) is 13.6 Å². The maximum absolute atomic E-state index is 14.7. The van der Waals surface area contributed by atoms with Crippen molar-refractivity contribution in [1.29, 1.82) is 0 Å². The number of benzene rings is 8. The number of aryl methyl sites for hydroxylation is 3. The molecular weight excluding hydrogens is 1530 g/mol. The summed E-state index contributed by atoms with van der Waals surface area (Å²) >= 11 is 18.4. The Balaban J connectivity index is 0.000000205. The van der Waals surface area contributed by atoms with Gasteiger partial charge in [-0.15, -0.1) is 0 Å². The van der Waals surface area contributed by atoms with Crippen LogP contribution in [-0.2, 0) is 53.7 Å². The second-order valence-electron chi connectivity index (χ2n) is 31.9. The first-order valence-electron chi connectivity index (χ1n) is 40.8. The lowest BCUT2D eigenvalue weighted by atomic mass is 9.88. The number of likely N-dealkylation sites (tertiary alicyclic amines) is 1. The van der Waals surface area contributed by atoms with Crippen LogP contribution in [0.3, 0.4) is 0 Å². The number of nitrogens with zero attached hydrogens (tertiary/aromatic N) is 7. The topological polar surface area (TPSA) is 188 Å². The predicted molar refractivity (Wildman–Crippen MR) is 460 cm³/mol. The molecule has 3 amide bonds. The third kappa shape index (κ3) is 23.4. The van der Waals surface area contributed by atoms with Crippen LogP contribution in [0, 0.1) is 24.5 Å². The average Bonchev–Trinajstić information content (AvgIpc) is 1.62. The molecule has 0 bridgehead atoms. The van der Waals surface area contributed by atoms with E-state index in [9.17, 15) is 23.2 Å². The molecule has 614 valence electrons. The first kappa shape index (κ1) is 84.8. The molecule has 0 radical (unpaired) electrons. The Morgan fingerprint density at radius 2 is 1.06 bits per heavy atom. The summed E-state index contributed by atoms with van der Waals surface area (Å²) in [6.45, 7) is 25.3. The number of ether oxygens (including phenoxy) is 4. The summed E-state index contributed by atoms with van der Waals surface area (Å²) in [4.78, 5) is 50.9. The molecule has 2 unspecified atom stereocenters. The number of rotatable bonds is 30. The molecule has 14 rings (SSSR count). The van der Waals surface area contributed by atoms with E-state index in [4.69, 9.17) is 59.5 Å². The van der Waals surface area contributed by atoms with Crippen molar-refractivity contribution in [1.82, 2.24) is 54.9 Å². The van der Waals surface area contributed by atoms with Crippen LogP contribution in [0.1, 0.15) is 80.7 Å². The van der Waals surface area contributed by atoms with Crippen LogP contribution in [-0.4, -0.2) is 187 Å². The zero-order valence-corrected chi connectivity index (χ0v) is 69.3. The fourth-order valence-electron chi connectivity index (χ4n) is 15.9. The van der Waals surface area contributed by atoms with Gasteiger partial charge in [0.1, 0.15) is 54.3 Å². The second kappa shape index (κ2) is 40.4. The standard InChI is InChI=1S/C51H57Cl2FN6O3.C41H52ClFN6O4/c1-36-9-11-37(12-10-36)35-63-49-18-15-42(53)29-40(49)31-57-47-32-55-21-19-45(47)51(61)56-20-4-22-60-34-46(38-5-2-7-43(54)30-38)50-39(6-3-8-48(50)60)33-59-25-23-58(24-26-59)27-28-62-44-16-13-41(52)14-17-44;1-40(2,3)53-39(51)48-19-15-41(44,16-20-48)38(50)45-17-6-18-49-29-35(30-7-4-9-33(43)27-30)37-31(8-5-10-36(37)49)28-47-23-21-46(22-24-47)25-26-52-34-13-11-32(42)12-14-34/h2-3,5-18,29-30,34,45,47,55,57H,4,19-28,31-33,35H2,1H3,(H,56,61);4-5,7-14,27,29H,6,15-26,28,44H2,1-3H3,(H,45,50). The van der Waals surface area contributed by atoms with E-state index in [1.807, 2.05) is 99.6 Å². The van der Waals surface area contributed by atoms with E-state index in [2.05, 4.69) is 130 Å². The van der Waals surface area contributed by atoms with Gasteiger partial charge in [-0.2, -0.15) is 0 Å². The molecule has 0 saturated carbocycles. The van der Waals surface area contributed by atoms with Crippen molar-refractivity contribution < 1.29 is 42.1 Å². The maximum atomic E-state index is 14.7. The molecule has 0 spiro atoms. The van der Waals surface area contributed by atoms with Gasteiger partial charge in [0.2, 0.25) is 11.8 Å². The van der Waals surface area contributed by atoms with Crippen LogP contribution in [0.25, 0.3) is 44.1 Å². The minimum absolute atomic E-state index is 0.0552. The molecule has 10 aromatic rings. The number of nitrogens with one attached hydrogen (secondary N) is 4. The van der Waals surface area contributed by atoms with E-state index >= 15 is 0 Å². The molecule has 2 aromatic heterocycles. The summed E-state index contributed by atoms with van der Waals surface area (Å²) in [7, 11) is 0. The van der Waals surface area contributed by atoms with E-state index in [0.717, 1.165) is 170 Å². The van der Waals surface area contributed by atoms with Gasteiger partial charge in [-0.05, 0) is 197 Å². The van der Waals surface area contributed by atoms with Crippen molar-refractivity contribution >= 4 is 74.5 Å². The van der Waals surface area contributed by atoms with Crippen LogP contribution in [0.15, 0.2) is 188 Å². The van der Waals surface area contributed by atoms with Crippen LogP contribution in [0.4, 0.5) is 13.6 Å². The number of nitrogens with two attached hydrogens (primary N) is 1. The van der Waals surface area contributed by atoms with Crippen LogP contribution in [0.2, 0.25) is 15.1 Å². The number of piperazine rings is 2. The Hall–Kier alpha value is -9.10. The lowest BCUT2D eigenvalue weighted by Gasteiger charge is -2.38. The van der Waals surface area contributed by atoms with Gasteiger partial charge in [-0.1, -0.05) is 113 Å². The number of piperidine rings is 2. The molecule has 116 heavy (non-hydrogen) atoms. The lowest BCUT2D eigenvalue weighted by molar-refractivity contribution is -0.128. The summed E-state index contributed by atoms with van der Waals surface area (Å²) in [5.74, 6) is 1.58. The molecule has 4 aliphatic heterocycles. The fraction of sp³-hybridized carbons (Fsp3) is 0.402. The molecular formula is C92H109Cl3F2N12O7. The number of carbonyl (C=O) groups excluding carboxylic acids is 3. The normalized spacial score (nSPS) is 17.0. The zero-order chi connectivity index (χ0) is 81.1. The van der Waals surface area contributed by atoms with Crippen molar-refractivity contribution in [3.8, 4) is 39.5 Å². The second-order valence-corrected chi connectivity index (χ2v) is 33.3. The molecule has 4 fully saturated rings. The summed E-state index contributed by atoms with van der Waals surface area (Å²) in [5.41, 5.74) is 16.5. The van der Waals surface area contributed by atoms with Crippen molar-refractivity contribution in [2.75, 3.05) is 118 Å². The van der Waals surface area contributed by atoms with Gasteiger partial charge >= 0.3 is 6.09 Å². The summed E-state index contributed by atoms with van der Waals surface area (Å²) in [6.07, 6.45) is 6.80. The van der Waals surface area contributed by atoms with Crippen molar-refractivity contribution in [2.45, 2.75) is 116 Å².